The molecule has 3 rings (SSSR count). The van der Waals surface area contributed by atoms with E-state index in [2.05, 4.69) is 60.9 Å². The molecule has 1 aromatic rings. The molecule has 1 aliphatic heterocycles. The van der Waals surface area contributed by atoms with Crippen molar-refractivity contribution in [1.29, 1.82) is 0 Å². The number of nitrogens with one attached hydrogen (secondary N) is 1. The Kier molecular flexibility index (Phi) is 2.66. The summed E-state index contributed by atoms with van der Waals surface area (Å²) < 4.78 is 0. The molecule has 18 heavy (non-hydrogen) atoms. The van der Waals surface area contributed by atoms with E-state index in [-0.39, 0.29) is 17.9 Å². The molecule has 2 nitrogen and oxygen atoms in total. The van der Waals surface area contributed by atoms with Gasteiger partial charge in [-0.1, -0.05) is 60.8 Å². The van der Waals surface area contributed by atoms with Crippen LogP contribution in [-0.4, -0.2) is 20.0 Å². The number of benzene rings is 1. The quantitative estimate of drug-likeness (QED) is 0.637. The van der Waals surface area contributed by atoms with Crippen molar-refractivity contribution in [2.24, 2.45) is 5.92 Å². The van der Waals surface area contributed by atoms with Crippen molar-refractivity contribution in [3.8, 4) is 0 Å². The summed E-state index contributed by atoms with van der Waals surface area (Å²) in [6.07, 6.45) is 5.28. The summed E-state index contributed by atoms with van der Waals surface area (Å²) in [5, 5.41) is 4.61. The number of fused-ring (bicyclic) bond motifs is 2. The molecule has 3 heteroatoms. The molecule has 1 saturated heterocycles. The normalized spacial score (nSPS) is 30.3. The number of hydrogen-bond acceptors (Lipinski definition) is 1. The topological polar surface area (TPSA) is 29.1 Å². The lowest BCUT2D eigenvalue weighted by Gasteiger charge is -2.37. The standard InChI is InChI=1S/C15H19NOSi/c1-18(2,11-7-4-3-5-8-11)14-12-9-6-10-13(14)16-15(12)17/h3-8,10,12-14H,9H2,1-2H3,(H,16,17)/t12-,13+,14+/m0/s1. The molecular weight excluding hydrogens is 238 g/mol. The van der Waals surface area contributed by atoms with E-state index in [0.717, 1.165) is 6.42 Å². The molecule has 1 N–H and O–H groups in total. The van der Waals surface area contributed by atoms with Crippen molar-refractivity contribution in [3.63, 3.8) is 0 Å². The van der Waals surface area contributed by atoms with Gasteiger partial charge in [-0.2, -0.15) is 0 Å². The number of amides is 1. The second-order valence-electron chi connectivity index (χ2n) is 5.92. The molecule has 1 heterocycles. The minimum atomic E-state index is -1.62. The molecule has 0 aromatic heterocycles. The average molecular weight is 257 g/mol. The van der Waals surface area contributed by atoms with Gasteiger partial charge in [0.15, 0.2) is 0 Å². The van der Waals surface area contributed by atoms with Crippen molar-refractivity contribution < 1.29 is 4.79 Å². The lowest BCUT2D eigenvalue weighted by Crippen LogP contribution is -2.51. The van der Waals surface area contributed by atoms with E-state index < -0.39 is 8.07 Å². The zero-order valence-corrected chi connectivity index (χ0v) is 11.9. The van der Waals surface area contributed by atoms with Gasteiger partial charge in [0, 0.05) is 12.0 Å². The Labute approximate surface area is 109 Å². The van der Waals surface area contributed by atoms with Crippen molar-refractivity contribution in [2.45, 2.75) is 31.1 Å². The van der Waals surface area contributed by atoms with Gasteiger partial charge < -0.3 is 5.32 Å². The maximum Gasteiger partial charge on any atom is 0.223 e. The van der Waals surface area contributed by atoms with Crippen LogP contribution >= 0.6 is 0 Å². The van der Waals surface area contributed by atoms with E-state index >= 15 is 0 Å². The van der Waals surface area contributed by atoms with Crippen LogP contribution in [0, 0.1) is 5.92 Å². The molecule has 1 fully saturated rings. The molecular formula is C15H19NOSi. The third-order valence-electron chi connectivity index (χ3n) is 4.55. The van der Waals surface area contributed by atoms with Gasteiger partial charge >= 0.3 is 0 Å². The second-order valence-corrected chi connectivity index (χ2v) is 10.6. The first-order valence-electron chi connectivity index (χ1n) is 6.63. The fourth-order valence-corrected chi connectivity index (χ4v) is 7.40. The highest BCUT2D eigenvalue weighted by Crippen LogP contribution is 2.43. The molecule has 2 aliphatic rings. The minimum absolute atomic E-state index is 0.196. The maximum atomic E-state index is 12.0. The lowest BCUT2D eigenvalue weighted by molar-refractivity contribution is -0.122. The monoisotopic (exact) mass is 257 g/mol. The van der Waals surface area contributed by atoms with Crippen LogP contribution in [0.15, 0.2) is 42.5 Å². The smallest absolute Gasteiger partial charge is 0.223 e. The van der Waals surface area contributed by atoms with Crippen molar-refractivity contribution in [1.82, 2.24) is 5.32 Å². The van der Waals surface area contributed by atoms with Gasteiger partial charge in [0.25, 0.3) is 0 Å². The fourth-order valence-electron chi connectivity index (χ4n) is 3.58. The Bertz CT molecular complexity index is 494. The van der Waals surface area contributed by atoms with E-state index in [4.69, 9.17) is 0 Å². The number of carbonyl (C=O) groups is 1. The molecule has 3 atom stereocenters. The molecule has 2 bridgehead atoms. The summed E-state index contributed by atoms with van der Waals surface area (Å²) in [7, 11) is -1.62. The molecule has 1 aromatic carbocycles. The SMILES string of the molecule is C[Si](C)(c1ccccc1)[C@@H]1[C@@H]2CC=C[C@H]1NC2=O. The second kappa shape index (κ2) is 4.09. The van der Waals surface area contributed by atoms with E-state index in [1.807, 2.05) is 0 Å². The summed E-state index contributed by atoms with van der Waals surface area (Å²) in [4.78, 5) is 12.0. The molecule has 0 radical (unpaired) electrons. The van der Waals surface area contributed by atoms with Gasteiger partial charge in [-0.25, -0.2) is 0 Å². The molecule has 1 aliphatic carbocycles. The van der Waals surface area contributed by atoms with Crippen LogP contribution < -0.4 is 10.5 Å². The summed E-state index contributed by atoms with van der Waals surface area (Å²) in [5.41, 5.74) is 0.498. The van der Waals surface area contributed by atoms with Crippen LogP contribution in [0.3, 0.4) is 0 Å². The summed E-state index contributed by atoms with van der Waals surface area (Å²) in [6, 6.07) is 11.0. The van der Waals surface area contributed by atoms with Crippen LogP contribution in [-0.2, 0) is 4.79 Å². The Hall–Kier alpha value is -1.35. The first kappa shape index (κ1) is 11.7. The largest absolute Gasteiger partial charge is 0.350 e. The lowest BCUT2D eigenvalue weighted by atomic mass is 9.95. The van der Waals surface area contributed by atoms with Crippen LogP contribution in [0.5, 0.6) is 0 Å². The van der Waals surface area contributed by atoms with Gasteiger partial charge in [0.1, 0.15) is 0 Å². The van der Waals surface area contributed by atoms with Crippen molar-refractivity contribution in [3.05, 3.63) is 42.5 Å². The van der Waals surface area contributed by atoms with Gasteiger partial charge in [-0.15, -0.1) is 0 Å². The van der Waals surface area contributed by atoms with Gasteiger partial charge in [-0.05, 0) is 12.0 Å². The number of hydrogen-bond donors (Lipinski definition) is 1. The van der Waals surface area contributed by atoms with E-state index in [1.165, 1.54) is 5.19 Å². The van der Waals surface area contributed by atoms with Crippen LogP contribution in [0.1, 0.15) is 6.42 Å². The van der Waals surface area contributed by atoms with E-state index in [1.54, 1.807) is 0 Å². The Balaban J connectivity index is 2.00. The maximum absolute atomic E-state index is 12.0. The predicted molar refractivity (Wildman–Crippen MR) is 76.5 cm³/mol. The Morgan fingerprint density at radius 3 is 2.61 bits per heavy atom. The van der Waals surface area contributed by atoms with Crippen LogP contribution in [0.25, 0.3) is 0 Å². The molecule has 0 spiro atoms. The van der Waals surface area contributed by atoms with Gasteiger partial charge in [0.05, 0.1) is 8.07 Å². The first-order valence-corrected chi connectivity index (χ1v) is 9.71. The highest BCUT2D eigenvalue weighted by molar-refractivity contribution is 6.91. The number of allylic oxidation sites excluding steroid dienone is 1. The molecule has 1 amide bonds. The first-order chi connectivity index (χ1) is 8.60. The third-order valence-corrected chi connectivity index (χ3v) is 8.80. The van der Waals surface area contributed by atoms with Gasteiger partial charge in [-0.3, -0.25) is 4.79 Å². The summed E-state index contributed by atoms with van der Waals surface area (Å²) >= 11 is 0. The van der Waals surface area contributed by atoms with Crippen LogP contribution in [0.4, 0.5) is 0 Å². The Morgan fingerprint density at radius 1 is 1.22 bits per heavy atom. The highest BCUT2D eigenvalue weighted by atomic mass is 28.3. The average Bonchev–Trinajstić information content (AvgIpc) is 2.58. The molecule has 0 unspecified atom stereocenters. The number of rotatable bonds is 2. The summed E-state index contributed by atoms with van der Waals surface area (Å²) in [6.45, 7) is 4.79. The fraction of sp³-hybridized carbons (Fsp3) is 0.400. The van der Waals surface area contributed by atoms with Gasteiger partial charge in [0.2, 0.25) is 5.91 Å². The van der Waals surface area contributed by atoms with E-state index in [9.17, 15) is 4.79 Å². The zero-order chi connectivity index (χ0) is 12.8. The predicted octanol–water partition coefficient (Wildman–Crippen LogP) is 2.05. The molecule has 0 saturated carbocycles. The zero-order valence-electron chi connectivity index (χ0n) is 10.9. The minimum Gasteiger partial charge on any atom is -0.350 e. The van der Waals surface area contributed by atoms with Crippen molar-refractivity contribution in [2.75, 3.05) is 0 Å². The van der Waals surface area contributed by atoms with E-state index in [0.29, 0.717) is 5.54 Å². The Morgan fingerprint density at radius 2 is 1.94 bits per heavy atom. The molecule has 94 valence electrons. The van der Waals surface area contributed by atoms with Crippen molar-refractivity contribution >= 4 is 19.2 Å². The summed E-state index contributed by atoms with van der Waals surface area (Å²) in [5.74, 6) is 0.452. The van der Waals surface area contributed by atoms with Crippen LogP contribution in [0.2, 0.25) is 18.6 Å². The highest BCUT2D eigenvalue weighted by Gasteiger charge is 2.51. The third kappa shape index (κ3) is 1.65. The number of carbonyl (C=O) groups excluding carboxylic acids is 1.